The Labute approximate surface area is 205 Å². The normalized spacial score (nSPS) is 20.4. The molecule has 1 fully saturated rings. The number of aromatic amines is 1. The summed E-state index contributed by atoms with van der Waals surface area (Å²) in [6, 6.07) is 14.6. The summed E-state index contributed by atoms with van der Waals surface area (Å²) in [5, 5.41) is 4.05. The van der Waals surface area contributed by atoms with Gasteiger partial charge in [-0.3, -0.25) is 9.59 Å². The van der Waals surface area contributed by atoms with Gasteiger partial charge in [-0.05, 0) is 49.8 Å². The summed E-state index contributed by atoms with van der Waals surface area (Å²) in [5.74, 6) is -0.521. The lowest BCUT2D eigenvalue weighted by Gasteiger charge is -2.36. The van der Waals surface area contributed by atoms with Crippen LogP contribution < -0.4 is 5.32 Å². The van der Waals surface area contributed by atoms with E-state index < -0.39 is 17.6 Å². The highest BCUT2D eigenvalue weighted by Gasteiger charge is 2.60. The van der Waals surface area contributed by atoms with Crippen molar-refractivity contribution in [3.8, 4) is 0 Å². The molecule has 2 N–H and O–H groups in total. The summed E-state index contributed by atoms with van der Waals surface area (Å²) in [7, 11) is 0. The number of rotatable bonds is 6. The minimum absolute atomic E-state index is 0.125. The van der Waals surface area contributed by atoms with Crippen molar-refractivity contribution >= 4 is 28.7 Å². The van der Waals surface area contributed by atoms with E-state index in [4.69, 9.17) is 0 Å². The second-order valence-corrected chi connectivity index (χ2v) is 10.3. The average Bonchev–Trinajstić information content (AvgIpc) is 3.31. The minimum atomic E-state index is -1.16. The molecule has 0 aliphatic carbocycles. The third kappa shape index (κ3) is 3.70. The molecule has 4 amide bonds. The first-order valence-corrected chi connectivity index (χ1v) is 12.3. The highest BCUT2D eigenvalue weighted by Crippen LogP contribution is 2.44. The smallest absolute Gasteiger partial charge is 0.328 e. The van der Waals surface area contributed by atoms with Crippen molar-refractivity contribution < 1.29 is 14.4 Å². The average molecular weight is 473 g/mol. The van der Waals surface area contributed by atoms with Crippen LogP contribution >= 0.6 is 0 Å². The monoisotopic (exact) mass is 472 g/mol. The van der Waals surface area contributed by atoms with E-state index in [0.717, 1.165) is 33.3 Å². The van der Waals surface area contributed by atoms with E-state index in [1.807, 2.05) is 69.3 Å². The van der Waals surface area contributed by atoms with E-state index in [0.29, 0.717) is 25.9 Å². The second kappa shape index (κ2) is 8.56. The van der Waals surface area contributed by atoms with Gasteiger partial charge in [0.1, 0.15) is 6.04 Å². The van der Waals surface area contributed by atoms with Crippen molar-refractivity contribution in [2.75, 3.05) is 6.54 Å². The van der Waals surface area contributed by atoms with Gasteiger partial charge in [0.15, 0.2) is 5.54 Å². The number of fused-ring (bicyclic) bond motifs is 5. The number of hydrogen-bond acceptors (Lipinski definition) is 3. The van der Waals surface area contributed by atoms with Crippen LogP contribution in [0, 0.1) is 12.8 Å². The molecule has 0 radical (unpaired) electrons. The number of carbonyl (C=O) groups excluding carboxylic acids is 3. The molecule has 0 unspecified atom stereocenters. The van der Waals surface area contributed by atoms with Crippen LogP contribution in [0.2, 0.25) is 0 Å². The SMILES string of the molecule is Cc1ccc(CNC(=O)[C@@H](CC(C)C)N2C(=O)N3CCc4c([nH]c5ccccc45)[C@@]3(C)C2=O)cc1. The predicted molar refractivity (Wildman–Crippen MR) is 135 cm³/mol. The van der Waals surface area contributed by atoms with Crippen LogP contribution in [-0.2, 0) is 28.1 Å². The summed E-state index contributed by atoms with van der Waals surface area (Å²) in [4.78, 5) is 47.3. The maximum atomic E-state index is 14.0. The molecule has 182 valence electrons. The minimum Gasteiger partial charge on any atom is -0.356 e. The molecule has 3 aromatic rings. The number of amides is 4. The Balaban J connectivity index is 1.47. The van der Waals surface area contributed by atoms with Crippen LogP contribution in [0.5, 0.6) is 0 Å². The Morgan fingerprint density at radius 2 is 1.83 bits per heavy atom. The van der Waals surface area contributed by atoms with Gasteiger partial charge in [0.05, 0.1) is 5.69 Å². The van der Waals surface area contributed by atoms with E-state index in [-0.39, 0.29) is 17.7 Å². The molecule has 2 atom stereocenters. The Hall–Kier alpha value is -3.61. The van der Waals surface area contributed by atoms with E-state index in [9.17, 15) is 14.4 Å². The second-order valence-electron chi connectivity index (χ2n) is 10.3. The number of urea groups is 1. The standard InChI is InChI=1S/C28H32N4O3/c1-17(2)15-23(25(33)29-16-19-11-9-18(3)10-12-19)32-26(34)28(4)24-21(13-14-31(28)27(32)35)20-7-5-6-8-22(20)30-24/h5-12,17,23,30H,13-16H2,1-4H3,(H,29,33)/t23-,28+/m1/s1. The van der Waals surface area contributed by atoms with Gasteiger partial charge in [-0.25, -0.2) is 9.69 Å². The first kappa shape index (κ1) is 23.1. The molecular formula is C28H32N4O3. The zero-order valence-electron chi connectivity index (χ0n) is 20.7. The van der Waals surface area contributed by atoms with Gasteiger partial charge in [-0.1, -0.05) is 61.9 Å². The van der Waals surface area contributed by atoms with Gasteiger partial charge >= 0.3 is 6.03 Å². The first-order chi connectivity index (χ1) is 16.7. The van der Waals surface area contributed by atoms with Crippen LogP contribution in [0.4, 0.5) is 4.79 Å². The van der Waals surface area contributed by atoms with Crippen LogP contribution in [0.1, 0.15) is 49.6 Å². The molecular weight excluding hydrogens is 440 g/mol. The Bertz CT molecular complexity index is 1310. The number of nitrogens with one attached hydrogen (secondary N) is 2. The molecule has 1 saturated heterocycles. The quantitative estimate of drug-likeness (QED) is 0.526. The highest BCUT2D eigenvalue weighted by atomic mass is 16.2. The van der Waals surface area contributed by atoms with E-state index in [1.165, 1.54) is 4.90 Å². The summed E-state index contributed by atoms with van der Waals surface area (Å²) >= 11 is 0. The fourth-order valence-corrected chi connectivity index (χ4v) is 5.48. The van der Waals surface area contributed by atoms with Crippen molar-refractivity contribution in [2.24, 2.45) is 5.92 Å². The number of H-pyrrole nitrogens is 1. The largest absolute Gasteiger partial charge is 0.356 e. The van der Waals surface area contributed by atoms with Gasteiger partial charge in [0, 0.05) is 24.0 Å². The number of carbonyl (C=O) groups is 3. The van der Waals surface area contributed by atoms with Crippen molar-refractivity contribution in [3.63, 3.8) is 0 Å². The summed E-state index contributed by atoms with van der Waals surface area (Å²) < 4.78 is 0. The molecule has 1 aromatic heterocycles. The van der Waals surface area contributed by atoms with Crippen molar-refractivity contribution in [1.82, 2.24) is 20.1 Å². The fourth-order valence-electron chi connectivity index (χ4n) is 5.48. The zero-order valence-corrected chi connectivity index (χ0v) is 20.7. The summed E-state index contributed by atoms with van der Waals surface area (Å²) in [6.07, 6.45) is 1.07. The molecule has 2 aromatic carbocycles. The molecule has 7 nitrogen and oxygen atoms in total. The Morgan fingerprint density at radius 3 is 2.54 bits per heavy atom. The maximum Gasteiger partial charge on any atom is 0.328 e. The number of para-hydroxylation sites is 1. The van der Waals surface area contributed by atoms with Crippen molar-refractivity contribution in [2.45, 2.75) is 58.7 Å². The number of benzene rings is 2. The van der Waals surface area contributed by atoms with Crippen molar-refractivity contribution in [1.29, 1.82) is 0 Å². The van der Waals surface area contributed by atoms with Gasteiger partial charge in [0.2, 0.25) is 5.91 Å². The summed E-state index contributed by atoms with van der Waals surface area (Å²) in [5.41, 5.74) is 3.75. The number of imide groups is 1. The molecule has 3 heterocycles. The maximum absolute atomic E-state index is 14.0. The number of aryl methyl sites for hydroxylation is 1. The molecule has 0 saturated carbocycles. The van der Waals surface area contributed by atoms with Crippen LogP contribution in [0.25, 0.3) is 10.9 Å². The first-order valence-electron chi connectivity index (χ1n) is 12.3. The van der Waals surface area contributed by atoms with Crippen molar-refractivity contribution in [3.05, 3.63) is 70.9 Å². The van der Waals surface area contributed by atoms with Crippen LogP contribution in [-0.4, -0.2) is 45.2 Å². The van der Waals surface area contributed by atoms with E-state index in [1.54, 1.807) is 11.8 Å². The lowest BCUT2D eigenvalue weighted by atomic mass is 9.87. The molecule has 2 aliphatic rings. The fraction of sp³-hybridized carbons (Fsp3) is 0.393. The van der Waals surface area contributed by atoms with Crippen LogP contribution in [0.15, 0.2) is 48.5 Å². The van der Waals surface area contributed by atoms with Crippen LogP contribution in [0.3, 0.4) is 0 Å². The van der Waals surface area contributed by atoms with Gasteiger partial charge in [0.25, 0.3) is 5.91 Å². The van der Waals surface area contributed by atoms with Gasteiger partial charge in [-0.2, -0.15) is 0 Å². The topological polar surface area (TPSA) is 85.5 Å². The molecule has 2 aliphatic heterocycles. The molecule has 35 heavy (non-hydrogen) atoms. The molecule has 7 heteroatoms. The lowest BCUT2D eigenvalue weighted by molar-refractivity contribution is -0.140. The Morgan fingerprint density at radius 1 is 1.11 bits per heavy atom. The number of aromatic nitrogens is 1. The third-order valence-corrected chi connectivity index (χ3v) is 7.39. The van der Waals surface area contributed by atoms with E-state index >= 15 is 0 Å². The molecule has 0 spiro atoms. The highest BCUT2D eigenvalue weighted by molar-refractivity contribution is 6.11. The third-order valence-electron chi connectivity index (χ3n) is 7.39. The molecule has 5 rings (SSSR count). The zero-order chi connectivity index (χ0) is 24.9. The molecule has 0 bridgehead atoms. The summed E-state index contributed by atoms with van der Waals surface area (Å²) in [6.45, 7) is 8.59. The van der Waals surface area contributed by atoms with Gasteiger partial charge in [-0.15, -0.1) is 0 Å². The van der Waals surface area contributed by atoms with E-state index in [2.05, 4.69) is 10.3 Å². The number of hydrogen-bond donors (Lipinski definition) is 2. The van der Waals surface area contributed by atoms with Gasteiger partial charge < -0.3 is 15.2 Å². The number of nitrogens with zero attached hydrogens (tertiary/aromatic N) is 2. The Kier molecular flexibility index (Phi) is 5.66. The predicted octanol–water partition coefficient (Wildman–Crippen LogP) is 4.24. The lowest BCUT2D eigenvalue weighted by Crippen LogP contribution is -2.51.